The van der Waals surface area contributed by atoms with Crippen LogP contribution in [-0.4, -0.2) is 36.5 Å². The first kappa shape index (κ1) is 22.2. The zero-order valence-electron chi connectivity index (χ0n) is 17.1. The second kappa shape index (κ2) is 9.93. The molecule has 0 radical (unpaired) electrons. The van der Waals surface area contributed by atoms with E-state index < -0.39 is 23.8 Å². The van der Waals surface area contributed by atoms with Crippen LogP contribution in [0.5, 0.6) is 5.75 Å². The molecule has 0 saturated heterocycles. The molecule has 2 aromatic carbocycles. The summed E-state index contributed by atoms with van der Waals surface area (Å²) < 4.78 is 15.4. The maximum Gasteiger partial charge on any atom is 0.412 e. The standard InChI is InChI=1S/C22H27NO6/c1-22(2,3)29-21(26)23-17-9-5-15(6-10-17)13-20(25)28-14-19(24)16-7-11-18(27-4)12-8-16/h5-12,19,24H,13-14H2,1-4H3,(H,23,26). The van der Waals surface area contributed by atoms with Crippen molar-refractivity contribution in [3.05, 3.63) is 59.7 Å². The molecule has 0 heterocycles. The second-order valence-corrected chi connectivity index (χ2v) is 7.47. The summed E-state index contributed by atoms with van der Waals surface area (Å²) in [6.07, 6.45) is -1.40. The van der Waals surface area contributed by atoms with Gasteiger partial charge in [-0.1, -0.05) is 24.3 Å². The first-order valence-corrected chi connectivity index (χ1v) is 9.23. The Labute approximate surface area is 170 Å². The minimum atomic E-state index is -0.912. The number of anilines is 1. The van der Waals surface area contributed by atoms with E-state index in [1.54, 1.807) is 76.4 Å². The Morgan fingerprint density at radius 1 is 1.03 bits per heavy atom. The summed E-state index contributed by atoms with van der Waals surface area (Å²) in [6.45, 7) is 5.22. The van der Waals surface area contributed by atoms with E-state index >= 15 is 0 Å². The topological polar surface area (TPSA) is 94.1 Å². The minimum Gasteiger partial charge on any atom is -0.497 e. The van der Waals surface area contributed by atoms with Crippen molar-refractivity contribution in [1.82, 2.24) is 0 Å². The molecule has 0 bridgehead atoms. The summed E-state index contributed by atoms with van der Waals surface area (Å²) >= 11 is 0. The van der Waals surface area contributed by atoms with Gasteiger partial charge in [0.15, 0.2) is 0 Å². The maximum absolute atomic E-state index is 12.0. The molecule has 2 aromatic rings. The Kier molecular flexibility index (Phi) is 7.61. The van der Waals surface area contributed by atoms with E-state index in [1.165, 1.54) is 0 Å². The van der Waals surface area contributed by atoms with Crippen LogP contribution in [0, 0.1) is 0 Å². The lowest BCUT2D eigenvalue weighted by Gasteiger charge is -2.19. The van der Waals surface area contributed by atoms with E-state index in [1.807, 2.05) is 0 Å². The smallest absolute Gasteiger partial charge is 0.412 e. The Morgan fingerprint density at radius 3 is 2.21 bits per heavy atom. The molecule has 2 rings (SSSR count). The molecule has 1 unspecified atom stereocenters. The molecule has 29 heavy (non-hydrogen) atoms. The summed E-state index contributed by atoms with van der Waals surface area (Å²) in [5.74, 6) is 0.230. The van der Waals surface area contributed by atoms with Gasteiger partial charge < -0.3 is 19.3 Å². The van der Waals surface area contributed by atoms with Crippen LogP contribution in [0.1, 0.15) is 38.0 Å². The lowest BCUT2D eigenvalue weighted by Crippen LogP contribution is -2.27. The highest BCUT2D eigenvalue weighted by atomic mass is 16.6. The van der Waals surface area contributed by atoms with Crippen LogP contribution in [0.25, 0.3) is 0 Å². The number of methoxy groups -OCH3 is 1. The lowest BCUT2D eigenvalue weighted by molar-refractivity contribution is -0.145. The molecule has 0 aromatic heterocycles. The van der Waals surface area contributed by atoms with E-state index in [-0.39, 0.29) is 13.0 Å². The van der Waals surface area contributed by atoms with Gasteiger partial charge in [-0.15, -0.1) is 0 Å². The molecule has 0 spiro atoms. The van der Waals surface area contributed by atoms with Crippen LogP contribution in [0.3, 0.4) is 0 Å². The van der Waals surface area contributed by atoms with E-state index in [2.05, 4.69) is 5.32 Å². The third-order valence-electron chi connectivity index (χ3n) is 3.85. The normalized spacial score (nSPS) is 12.0. The fourth-order valence-corrected chi connectivity index (χ4v) is 2.44. The molecule has 0 fully saturated rings. The number of aliphatic hydroxyl groups is 1. The predicted octanol–water partition coefficient (Wildman–Crippen LogP) is 3.86. The number of aliphatic hydroxyl groups excluding tert-OH is 1. The van der Waals surface area contributed by atoms with Gasteiger partial charge in [-0.2, -0.15) is 0 Å². The molecule has 7 heteroatoms. The number of rotatable bonds is 7. The van der Waals surface area contributed by atoms with Gasteiger partial charge in [0.25, 0.3) is 0 Å². The van der Waals surface area contributed by atoms with Crippen molar-refractivity contribution in [2.45, 2.75) is 38.9 Å². The molecular weight excluding hydrogens is 374 g/mol. The summed E-state index contributed by atoms with van der Waals surface area (Å²) in [5.41, 5.74) is 1.34. The van der Waals surface area contributed by atoms with Gasteiger partial charge in [-0.3, -0.25) is 10.1 Å². The predicted molar refractivity (Wildman–Crippen MR) is 109 cm³/mol. The van der Waals surface area contributed by atoms with Crippen molar-refractivity contribution >= 4 is 17.7 Å². The second-order valence-electron chi connectivity index (χ2n) is 7.47. The highest BCUT2D eigenvalue weighted by molar-refractivity contribution is 5.85. The molecule has 0 aliphatic rings. The molecule has 156 valence electrons. The number of benzene rings is 2. The minimum absolute atomic E-state index is 0.0576. The van der Waals surface area contributed by atoms with Crippen molar-refractivity contribution in [1.29, 1.82) is 0 Å². The van der Waals surface area contributed by atoms with Crippen LogP contribution in [0.4, 0.5) is 10.5 Å². The average molecular weight is 401 g/mol. The SMILES string of the molecule is COc1ccc(C(O)COC(=O)Cc2ccc(NC(=O)OC(C)(C)C)cc2)cc1. The van der Waals surface area contributed by atoms with E-state index in [9.17, 15) is 14.7 Å². The van der Waals surface area contributed by atoms with E-state index in [0.717, 1.165) is 5.56 Å². The van der Waals surface area contributed by atoms with Crippen LogP contribution >= 0.6 is 0 Å². The quantitative estimate of drug-likeness (QED) is 0.684. The molecular formula is C22H27NO6. The molecule has 1 atom stereocenters. The van der Waals surface area contributed by atoms with Gasteiger partial charge in [0.1, 0.15) is 24.1 Å². The van der Waals surface area contributed by atoms with E-state index in [0.29, 0.717) is 17.0 Å². The Bertz CT molecular complexity index is 809. The van der Waals surface area contributed by atoms with Gasteiger partial charge in [-0.05, 0) is 56.2 Å². The highest BCUT2D eigenvalue weighted by Gasteiger charge is 2.16. The van der Waals surface area contributed by atoms with Crippen LogP contribution in [0.15, 0.2) is 48.5 Å². The highest BCUT2D eigenvalue weighted by Crippen LogP contribution is 2.18. The largest absolute Gasteiger partial charge is 0.497 e. The van der Waals surface area contributed by atoms with Crippen molar-refractivity contribution in [3.63, 3.8) is 0 Å². The van der Waals surface area contributed by atoms with Crippen molar-refractivity contribution in [2.24, 2.45) is 0 Å². The van der Waals surface area contributed by atoms with Crippen LogP contribution in [-0.2, 0) is 20.7 Å². The molecule has 1 amide bonds. The molecule has 7 nitrogen and oxygen atoms in total. The third kappa shape index (κ3) is 7.83. The first-order valence-electron chi connectivity index (χ1n) is 9.23. The summed E-state index contributed by atoms with van der Waals surface area (Å²) in [6, 6.07) is 13.7. The molecule has 0 aliphatic carbocycles. The lowest BCUT2D eigenvalue weighted by atomic mass is 10.1. The number of carbonyl (C=O) groups excluding carboxylic acids is 2. The van der Waals surface area contributed by atoms with Crippen molar-refractivity contribution in [3.8, 4) is 5.75 Å². The van der Waals surface area contributed by atoms with Gasteiger partial charge in [0, 0.05) is 5.69 Å². The number of hydrogen-bond donors (Lipinski definition) is 2. The monoisotopic (exact) mass is 401 g/mol. The Morgan fingerprint density at radius 2 is 1.66 bits per heavy atom. The summed E-state index contributed by atoms with van der Waals surface area (Å²) in [7, 11) is 1.56. The van der Waals surface area contributed by atoms with Gasteiger partial charge >= 0.3 is 12.1 Å². The number of ether oxygens (including phenoxy) is 3. The zero-order valence-corrected chi connectivity index (χ0v) is 17.1. The van der Waals surface area contributed by atoms with E-state index in [4.69, 9.17) is 14.2 Å². The number of carbonyl (C=O) groups is 2. The Balaban J connectivity index is 1.80. The summed E-state index contributed by atoms with van der Waals surface area (Å²) in [5, 5.41) is 12.8. The number of hydrogen-bond acceptors (Lipinski definition) is 6. The van der Waals surface area contributed by atoms with Crippen molar-refractivity contribution in [2.75, 3.05) is 19.0 Å². The molecule has 2 N–H and O–H groups in total. The fraction of sp³-hybridized carbons (Fsp3) is 0.364. The zero-order chi connectivity index (χ0) is 21.4. The first-order chi connectivity index (χ1) is 13.7. The average Bonchev–Trinajstić information content (AvgIpc) is 2.66. The number of nitrogens with one attached hydrogen (secondary N) is 1. The fourth-order valence-electron chi connectivity index (χ4n) is 2.44. The Hall–Kier alpha value is -3.06. The number of esters is 1. The van der Waals surface area contributed by atoms with Gasteiger partial charge in [0.05, 0.1) is 13.5 Å². The van der Waals surface area contributed by atoms with Crippen molar-refractivity contribution < 1.29 is 28.9 Å². The van der Waals surface area contributed by atoms with Gasteiger partial charge in [-0.25, -0.2) is 4.79 Å². The van der Waals surface area contributed by atoms with Gasteiger partial charge in [0.2, 0.25) is 0 Å². The third-order valence-corrected chi connectivity index (χ3v) is 3.85. The van der Waals surface area contributed by atoms with Crippen LogP contribution < -0.4 is 10.1 Å². The molecule has 0 aliphatic heterocycles. The number of amides is 1. The molecule has 0 saturated carbocycles. The maximum atomic E-state index is 12.0. The summed E-state index contributed by atoms with van der Waals surface area (Å²) in [4.78, 5) is 23.8. The van der Waals surface area contributed by atoms with Crippen LogP contribution in [0.2, 0.25) is 0 Å².